The number of methoxy groups -OCH3 is 1. The van der Waals surface area contributed by atoms with Gasteiger partial charge in [-0.3, -0.25) is 14.2 Å². The van der Waals surface area contributed by atoms with Crippen LogP contribution in [0.4, 0.5) is 0 Å². The largest absolute Gasteiger partial charge is 0.497 e. The van der Waals surface area contributed by atoms with Crippen LogP contribution in [0.2, 0.25) is 0 Å². The van der Waals surface area contributed by atoms with Gasteiger partial charge >= 0.3 is 0 Å². The number of hydrogen-bond acceptors (Lipinski definition) is 5. The number of nitrogens with zero attached hydrogens (tertiary/aromatic N) is 5. The van der Waals surface area contributed by atoms with Crippen molar-refractivity contribution in [2.75, 3.05) is 7.11 Å². The van der Waals surface area contributed by atoms with Crippen molar-refractivity contribution in [3.63, 3.8) is 0 Å². The molecule has 3 aromatic heterocycles. The van der Waals surface area contributed by atoms with E-state index in [0.29, 0.717) is 16.9 Å². The van der Waals surface area contributed by atoms with E-state index in [4.69, 9.17) is 9.72 Å². The third-order valence-corrected chi connectivity index (χ3v) is 5.67. The van der Waals surface area contributed by atoms with Gasteiger partial charge in [-0.05, 0) is 39.0 Å². The number of fused-ring (bicyclic) bond motifs is 1. The average Bonchev–Trinajstić information content (AvgIpc) is 3.25. The molecule has 8 heteroatoms. The molecule has 0 spiro atoms. The second kappa shape index (κ2) is 7.86. The third kappa shape index (κ3) is 3.65. The van der Waals surface area contributed by atoms with E-state index in [1.54, 1.807) is 22.7 Å². The highest BCUT2D eigenvalue weighted by Crippen LogP contribution is 2.29. The van der Waals surface area contributed by atoms with Crippen molar-refractivity contribution in [1.29, 1.82) is 0 Å². The zero-order valence-electron chi connectivity index (χ0n) is 18.6. The highest BCUT2D eigenvalue weighted by molar-refractivity contribution is 6.07. The summed E-state index contributed by atoms with van der Waals surface area (Å²) in [5.41, 5.74) is 5.52. The molecule has 1 N–H and O–H groups in total. The van der Waals surface area contributed by atoms with Gasteiger partial charge in [0.1, 0.15) is 5.75 Å². The van der Waals surface area contributed by atoms with Crippen LogP contribution < -0.4 is 10.1 Å². The first-order valence-electron chi connectivity index (χ1n) is 10.1. The number of ether oxygens (including phenoxy) is 1. The van der Waals surface area contributed by atoms with Gasteiger partial charge < -0.3 is 10.1 Å². The van der Waals surface area contributed by atoms with Gasteiger partial charge in [-0.2, -0.15) is 10.2 Å². The summed E-state index contributed by atoms with van der Waals surface area (Å²) in [5.74, 6) is 0.552. The van der Waals surface area contributed by atoms with Crippen molar-refractivity contribution < 1.29 is 9.53 Å². The van der Waals surface area contributed by atoms with Crippen molar-refractivity contribution in [1.82, 2.24) is 29.9 Å². The molecule has 0 aliphatic rings. The van der Waals surface area contributed by atoms with Gasteiger partial charge in [0, 0.05) is 30.9 Å². The van der Waals surface area contributed by atoms with Gasteiger partial charge in [0.2, 0.25) is 0 Å². The van der Waals surface area contributed by atoms with Crippen molar-refractivity contribution in [3.05, 3.63) is 59.0 Å². The second-order valence-corrected chi connectivity index (χ2v) is 7.70. The fourth-order valence-electron chi connectivity index (χ4n) is 3.85. The number of pyridine rings is 1. The molecule has 8 nitrogen and oxygen atoms in total. The quantitative estimate of drug-likeness (QED) is 0.536. The molecule has 0 bridgehead atoms. The summed E-state index contributed by atoms with van der Waals surface area (Å²) in [4.78, 5) is 18.2. The van der Waals surface area contributed by atoms with E-state index in [-0.39, 0.29) is 11.9 Å². The monoisotopic (exact) mass is 418 g/mol. The van der Waals surface area contributed by atoms with E-state index < -0.39 is 0 Å². The fraction of sp³-hybridized carbons (Fsp3) is 0.304. The van der Waals surface area contributed by atoms with Crippen LogP contribution in [0.25, 0.3) is 22.3 Å². The predicted octanol–water partition coefficient (Wildman–Crippen LogP) is 3.49. The Hall–Kier alpha value is -3.68. The van der Waals surface area contributed by atoms with E-state index >= 15 is 0 Å². The molecule has 1 atom stereocenters. The molecule has 0 aliphatic carbocycles. The molecule has 1 unspecified atom stereocenters. The molecule has 0 fully saturated rings. The van der Waals surface area contributed by atoms with E-state index in [9.17, 15) is 4.79 Å². The number of nitrogens with one attached hydrogen (secondary N) is 1. The maximum atomic E-state index is 13.4. The van der Waals surface area contributed by atoms with Gasteiger partial charge in [-0.25, -0.2) is 4.98 Å². The van der Waals surface area contributed by atoms with E-state index in [1.807, 2.05) is 65.2 Å². The molecule has 0 aliphatic heterocycles. The molecular weight excluding hydrogens is 392 g/mol. The zero-order valence-corrected chi connectivity index (χ0v) is 18.6. The molecule has 0 saturated carbocycles. The smallest absolute Gasteiger partial charge is 0.252 e. The minimum Gasteiger partial charge on any atom is -0.497 e. The second-order valence-electron chi connectivity index (χ2n) is 7.70. The number of amides is 1. The van der Waals surface area contributed by atoms with Crippen LogP contribution in [0.5, 0.6) is 5.75 Å². The van der Waals surface area contributed by atoms with Crippen molar-refractivity contribution in [3.8, 4) is 17.0 Å². The molecule has 0 saturated heterocycles. The van der Waals surface area contributed by atoms with Crippen LogP contribution in [0.3, 0.4) is 0 Å². The van der Waals surface area contributed by atoms with Crippen LogP contribution in [0.1, 0.15) is 40.3 Å². The number of aryl methyl sites for hydroxylation is 3. The van der Waals surface area contributed by atoms with Crippen LogP contribution >= 0.6 is 0 Å². The number of hydrogen-bond donors (Lipinski definition) is 1. The first kappa shape index (κ1) is 20.6. The van der Waals surface area contributed by atoms with E-state index in [2.05, 4.69) is 15.5 Å². The standard InChI is InChI=1S/C23H26N6O2/c1-13(19-12-24-28(4)15(19)3)25-23(30)18-11-20(16-8-7-9-17(10-16)31-6)26-22-21(18)14(2)27-29(22)5/h7-13H,1-6H3,(H,25,30). The summed E-state index contributed by atoms with van der Waals surface area (Å²) in [7, 11) is 5.35. The van der Waals surface area contributed by atoms with Gasteiger partial charge in [0.25, 0.3) is 5.91 Å². The summed E-state index contributed by atoms with van der Waals surface area (Å²) < 4.78 is 8.86. The highest BCUT2D eigenvalue weighted by Gasteiger charge is 2.22. The summed E-state index contributed by atoms with van der Waals surface area (Å²) in [6, 6.07) is 9.26. The Kier molecular flexibility index (Phi) is 5.22. The lowest BCUT2D eigenvalue weighted by molar-refractivity contribution is 0.0941. The summed E-state index contributed by atoms with van der Waals surface area (Å²) in [6.45, 7) is 5.84. The first-order chi connectivity index (χ1) is 14.8. The number of aromatic nitrogens is 5. The topological polar surface area (TPSA) is 86.9 Å². The summed E-state index contributed by atoms with van der Waals surface area (Å²) >= 11 is 0. The molecule has 4 aromatic rings. The molecule has 4 rings (SSSR count). The molecule has 1 aromatic carbocycles. The van der Waals surface area contributed by atoms with Crippen LogP contribution in [0.15, 0.2) is 36.5 Å². The maximum Gasteiger partial charge on any atom is 0.252 e. The summed E-state index contributed by atoms with van der Waals surface area (Å²) in [5, 5.41) is 12.6. The number of carbonyl (C=O) groups is 1. The van der Waals surface area contributed by atoms with E-state index in [0.717, 1.165) is 33.7 Å². The SMILES string of the molecule is COc1cccc(-c2cc(C(=O)NC(C)c3cnn(C)c3C)c3c(C)nn(C)c3n2)c1. The Morgan fingerprint density at radius 1 is 1.16 bits per heavy atom. The molecule has 0 radical (unpaired) electrons. The number of benzene rings is 1. The van der Waals surface area contributed by atoms with Crippen molar-refractivity contribution in [2.24, 2.45) is 14.1 Å². The third-order valence-electron chi connectivity index (χ3n) is 5.67. The normalized spacial score (nSPS) is 12.2. The number of rotatable bonds is 5. The van der Waals surface area contributed by atoms with Crippen molar-refractivity contribution in [2.45, 2.75) is 26.8 Å². The lowest BCUT2D eigenvalue weighted by Crippen LogP contribution is -2.27. The van der Waals surface area contributed by atoms with Gasteiger partial charge in [-0.1, -0.05) is 12.1 Å². The van der Waals surface area contributed by atoms with Gasteiger partial charge in [0.05, 0.1) is 41.7 Å². The molecular formula is C23H26N6O2. The lowest BCUT2D eigenvalue weighted by Gasteiger charge is -2.15. The predicted molar refractivity (Wildman–Crippen MR) is 119 cm³/mol. The highest BCUT2D eigenvalue weighted by atomic mass is 16.5. The van der Waals surface area contributed by atoms with E-state index in [1.165, 1.54) is 0 Å². The van der Waals surface area contributed by atoms with Crippen molar-refractivity contribution >= 4 is 16.9 Å². The Labute approximate surface area is 180 Å². The zero-order chi connectivity index (χ0) is 22.3. The molecule has 1 amide bonds. The average molecular weight is 419 g/mol. The first-order valence-corrected chi connectivity index (χ1v) is 10.1. The van der Waals surface area contributed by atoms with Crippen LogP contribution in [-0.4, -0.2) is 37.6 Å². The van der Waals surface area contributed by atoms with Crippen LogP contribution in [0, 0.1) is 13.8 Å². The molecule has 160 valence electrons. The number of carbonyl (C=O) groups excluding carboxylic acids is 1. The van der Waals surface area contributed by atoms with Gasteiger partial charge in [-0.15, -0.1) is 0 Å². The Balaban J connectivity index is 1.80. The molecule has 3 heterocycles. The minimum atomic E-state index is -0.193. The fourth-order valence-corrected chi connectivity index (χ4v) is 3.85. The molecule has 31 heavy (non-hydrogen) atoms. The lowest BCUT2D eigenvalue weighted by atomic mass is 10.0. The summed E-state index contributed by atoms with van der Waals surface area (Å²) in [6.07, 6.45) is 1.79. The van der Waals surface area contributed by atoms with Crippen LogP contribution in [-0.2, 0) is 14.1 Å². The Morgan fingerprint density at radius 3 is 2.61 bits per heavy atom. The Bertz CT molecular complexity index is 1290. The minimum absolute atomic E-state index is 0.177. The maximum absolute atomic E-state index is 13.4. The Morgan fingerprint density at radius 2 is 1.94 bits per heavy atom. The van der Waals surface area contributed by atoms with Gasteiger partial charge in [0.15, 0.2) is 5.65 Å².